The molecule has 0 aromatic carbocycles. The molecule has 13 heavy (non-hydrogen) atoms. The van der Waals surface area contributed by atoms with Gasteiger partial charge >= 0.3 is 0 Å². The molecular weight excluding hydrogens is 158 g/mol. The quantitative estimate of drug-likeness (QED) is 0.692. The Balaban J connectivity index is 3.78. The Morgan fingerprint density at radius 3 is 1.85 bits per heavy atom. The third kappa shape index (κ3) is 6.09. The fourth-order valence-electron chi connectivity index (χ4n) is 1.63. The van der Waals surface area contributed by atoms with Gasteiger partial charge in [-0.1, -0.05) is 47.5 Å². The molecule has 0 heterocycles. The van der Waals surface area contributed by atoms with E-state index in [0.717, 1.165) is 12.5 Å². The second kappa shape index (κ2) is 5.64. The summed E-state index contributed by atoms with van der Waals surface area (Å²) < 4.78 is 0. The Morgan fingerprint density at radius 2 is 1.54 bits per heavy atom. The Hall–Kier alpha value is -0.0400. The molecule has 0 radical (unpaired) electrons. The van der Waals surface area contributed by atoms with Crippen LogP contribution in [-0.2, 0) is 0 Å². The summed E-state index contributed by atoms with van der Waals surface area (Å²) >= 11 is 0. The minimum Gasteiger partial charge on any atom is -0.313 e. The lowest BCUT2D eigenvalue weighted by Gasteiger charge is -2.27. The van der Waals surface area contributed by atoms with Gasteiger partial charge in [-0.05, 0) is 18.3 Å². The monoisotopic (exact) mass is 185 g/mol. The summed E-state index contributed by atoms with van der Waals surface area (Å²) in [6, 6.07) is 0.661. The maximum absolute atomic E-state index is 3.62. The smallest absolute Gasteiger partial charge is 0.00670 e. The zero-order valence-electron chi connectivity index (χ0n) is 10.3. The molecule has 1 heteroatoms. The molecule has 1 unspecified atom stereocenters. The number of nitrogens with one attached hydrogen (secondary N) is 1. The number of hydrogen-bond donors (Lipinski definition) is 1. The first kappa shape index (κ1) is 13.0. The first-order chi connectivity index (χ1) is 5.90. The fraction of sp³-hybridized carbons (Fsp3) is 1.00. The van der Waals surface area contributed by atoms with E-state index in [-0.39, 0.29) is 0 Å². The summed E-state index contributed by atoms with van der Waals surface area (Å²) in [5, 5.41) is 3.62. The first-order valence-corrected chi connectivity index (χ1v) is 5.64. The highest BCUT2D eigenvalue weighted by atomic mass is 14.9. The molecule has 0 bridgehead atoms. The highest BCUT2D eigenvalue weighted by Crippen LogP contribution is 2.15. The van der Waals surface area contributed by atoms with E-state index in [1.54, 1.807) is 0 Å². The van der Waals surface area contributed by atoms with Crippen LogP contribution in [0.25, 0.3) is 0 Å². The zero-order chi connectivity index (χ0) is 10.5. The topological polar surface area (TPSA) is 12.0 Å². The van der Waals surface area contributed by atoms with Crippen LogP contribution in [0.15, 0.2) is 0 Å². The van der Waals surface area contributed by atoms with Crippen molar-refractivity contribution in [1.82, 2.24) is 5.32 Å². The summed E-state index contributed by atoms with van der Waals surface area (Å²) in [6.07, 6.45) is 2.57. The van der Waals surface area contributed by atoms with Crippen molar-refractivity contribution >= 4 is 0 Å². The van der Waals surface area contributed by atoms with E-state index in [9.17, 15) is 0 Å². The first-order valence-electron chi connectivity index (χ1n) is 5.64. The van der Waals surface area contributed by atoms with Crippen LogP contribution in [-0.4, -0.2) is 12.6 Å². The second-order valence-corrected chi connectivity index (χ2v) is 5.31. The van der Waals surface area contributed by atoms with Crippen LogP contribution in [0.4, 0.5) is 0 Å². The average Bonchev–Trinajstić information content (AvgIpc) is 2.02. The molecule has 0 aliphatic heterocycles. The molecular formula is C12H27N. The lowest BCUT2D eigenvalue weighted by Crippen LogP contribution is -2.38. The van der Waals surface area contributed by atoms with Crippen LogP contribution in [0.1, 0.15) is 54.4 Å². The predicted octanol–water partition coefficient (Wildman–Crippen LogP) is 3.45. The van der Waals surface area contributed by atoms with Crippen LogP contribution in [0, 0.1) is 11.3 Å². The Morgan fingerprint density at radius 1 is 1.08 bits per heavy atom. The van der Waals surface area contributed by atoms with Gasteiger partial charge < -0.3 is 5.32 Å². The summed E-state index contributed by atoms with van der Waals surface area (Å²) in [5.41, 5.74) is 0.403. The lowest BCUT2D eigenvalue weighted by atomic mass is 9.92. The Labute approximate surface area is 84.3 Å². The van der Waals surface area contributed by atoms with Crippen LogP contribution < -0.4 is 5.32 Å². The summed E-state index contributed by atoms with van der Waals surface area (Å²) in [4.78, 5) is 0. The normalized spacial score (nSPS) is 15.0. The van der Waals surface area contributed by atoms with Gasteiger partial charge in [0.1, 0.15) is 0 Å². The van der Waals surface area contributed by atoms with Gasteiger partial charge in [0.25, 0.3) is 0 Å². The van der Waals surface area contributed by atoms with Gasteiger partial charge in [-0.25, -0.2) is 0 Å². The molecule has 0 saturated heterocycles. The lowest BCUT2D eigenvalue weighted by molar-refractivity contribution is 0.297. The minimum atomic E-state index is 0.403. The van der Waals surface area contributed by atoms with E-state index < -0.39 is 0 Å². The minimum absolute atomic E-state index is 0.403. The fourth-order valence-corrected chi connectivity index (χ4v) is 1.63. The molecule has 1 N–H and O–H groups in total. The van der Waals surface area contributed by atoms with E-state index >= 15 is 0 Å². The molecule has 0 rings (SSSR count). The molecule has 0 amide bonds. The molecule has 0 saturated carbocycles. The van der Waals surface area contributed by atoms with Crippen molar-refractivity contribution in [2.45, 2.75) is 60.4 Å². The SMILES string of the molecule is CCC(CC)C(C)NCC(C)(C)C. The third-order valence-corrected chi connectivity index (χ3v) is 2.71. The molecule has 1 atom stereocenters. The number of hydrogen-bond acceptors (Lipinski definition) is 1. The molecule has 0 fully saturated rings. The summed E-state index contributed by atoms with van der Waals surface area (Å²) in [6.45, 7) is 14.8. The molecule has 1 nitrogen and oxygen atoms in total. The third-order valence-electron chi connectivity index (χ3n) is 2.71. The highest BCUT2D eigenvalue weighted by molar-refractivity contribution is 4.73. The highest BCUT2D eigenvalue weighted by Gasteiger charge is 2.16. The van der Waals surface area contributed by atoms with Crippen LogP contribution in [0.5, 0.6) is 0 Å². The Kier molecular flexibility index (Phi) is 5.62. The molecule has 80 valence electrons. The standard InChI is InChI=1S/C12H27N/c1-7-11(8-2)10(3)13-9-12(4,5)6/h10-11,13H,7-9H2,1-6H3. The molecule has 0 aromatic heterocycles. The van der Waals surface area contributed by atoms with Gasteiger partial charge in [-0.2, -0.15) is 0 Å². The zero-order valence-corrected chi connectivity index (χ0v) is 10.3. The van der Waals surface area contributed by atoms with E-state index in [1.165, 1.54) is 12.8 Å². The van der Waals surface area contributed by atoms with Gasteiger partial charge in [-0.3, -0.25) is 0 Å². The van der Waals surface area contributed by atoms with Gasteiger partial charge in [-0.15, -0.1) is 0 Å². The number of rotatable bonds is 5. The van der Waals surface area contributed by atoms with Gasteiger partial charge in [0.15, 0.2) is 0 Å². The maximum Gasteiger partial charge on any atom is 0.00670 e. The van der Waals surface area contributed by atoms with Crippen molar-refractivity contribution in [3.05, 3.63) is 0 Å². The van der Waals surface area contributed by atoms with Crippen LogP contribution in [0.2, 0.25) is 0 Å². The summed E-state index contributed by atoms with van der Waals surface area (Å²) in [5.74, 6) is 0.836. The maximum atomic E-state index is 3.62. The van der Waals surface area contributed by atoms with Crippen molar-refractivity contribution in [1.29, 1.82) is 0 Å². The average molecular weight is 185 g/mol. The van der Waals surface area contributed by atoms with Crippen molar-refractivity contribution < 1.29 is 0 Å². The molecule has 0 aliphatic rings. The molecule has 0 aliphatic carbocycles. The largest absolute Gasteiger partial charge is 0.313 e. The van der Waals surface area contributed by atoms with Crippen molar-refractivity contribution in [3.8, 4) is 0 Å². The van der Waals surface area contributed by atoms with Gasteiger partial charge in [0.05, 0.1) is 0 Å². The van der Waals surface area contributed by atoms with E-state index in [2.05, 4.69) is 46.9 Å². The molecule has 0 aromatic rings. The predicted molar refractivity (Wildman–Crippen MR) is 61.0 cm³/mol. The Bertz CT molecular complexity index is 120. The van der Waals surface area contributed by atoms with Crippen LogP contribution >= 0.6 is 0 Å². The second-order valence-electron chi connectivity index (χ2n) is 5.31. The van der Waals surface area contributed by atoms with E-state index in [0.29, 0.717) is 11.5 Å². The molecule has 0 spiro atoms. The van der Waals surface area contributed by atoms with Gasteiger partial charge in [0.2, 0.25) is 0 Å². The van der Waals surface area contributed by atoms with Crippen molar-refractivity contribution in [3.63, 3.8) is 0 Å². The van der Waals surface area contributed by atoms with Crippen molar-refractivity contribution in [2.75, 3.05) is 6.54 Å². The summed E-state index contributed by atoms with van der Waals surface area (Å²) in [7, 11) is 0. The van der Waals surface area contributed by atoms with E-state index in [1.807, 2.05) is 0 Å². The van der Waals surface area contributed by atoms with Crippen molar-refractivity contribution in [2.24, 2.45) is 11.3 Å². The van der Waals surface area contributed by atoms with Crippen LogP contribution in [0.3, 0.4) is 0 Å². The van der Waals surface area contributed by atoms with Gasteiger partial charge in [0, 0.05) is 12.6 Å². The van der Waals surface area contributed by atoms with E-state index in [4.69, 9.17) is 0 Å².